The third kappa shape index (κ3) is 6.62. The number of carboxylic acid groups (broad SMARTS) is 1. The van der Waals surface area contributed by atoms with Crippen LogP contribution >= 0.6 is 0 Å². The number of hydrogen-bond acceptors (Lipinski definition) is 5. The van der Waals surface area contributed by atoms with E-state index in [2.05, 4.69) is 29.3 Å². The number of carbonyl (C=O) groups is 2. The summed E-state index contributed by atoms with van der Waals surface area (Å²) in [5.74, 6) is 0.419. The summed E-state index contributed by atoms with van der Waals surface area (Å²) in [5, 5.41) is 15.4. The maximum absolute atomic E-state index is 13.1. The Hall–Kier alpha value is -2.84. The normalized spacial score (nSPS) is 13.2. The van der Waals surface area contributed by atoms with Crippen LogP contribution < -0.4 is 11.1 Å². The number of carbonyl (C=O) groups excluding carboxylic acids is 1. The molecular weight excluding hydrogens is 372 g/mol. The summed E-state index contributed by atoms with van der Waals surface area (Å²) >= 11 is 0. The predicted molar refractivity (Wildman–Crippen MR) is 113 cm³/mol. The van der Waals surface area contributed by atoms with Crippen LogP contribution in [0.15, 0.2) is 16.8 Å². The maximum atomic E-state index is 13.1. The number of fused-ring (bicyclic) bond motifs is 1. The molecule has 0 aliphatic carbocycles. The molecule has 1 aliphatic rings. The van der Waals surface area contributed by atoms with Crippen molar-refractivity contribution in [1.82, 2.24) is 20.0 Å². The zero-order chi connectivity index (χ0) is 21.2. The molecule has 29 heavy (non-hydrogen) atoms. The summed E-state index contributed by atoms with van der Waals surface area (Å²) in [6, 6.07) is 0. The Kier molecular flexibility index (Phi) is 8.69. The van der Waals surface area contributed by atoms with Gasteiger partial charge >= 0.3 is 6.09 Å². The molecule has 0 radical (unpaired) electrons. The van der Waals surface area contributed by atoms with Crippen molar-refractivity contribution in [2.24, 2.45) is 10.7 Å². The average molecular weight is 405 g/mol. The van der Waals surface area contributed by atoms with E-state index in [0.29, 0.717) is 36.6 Å². The molecule has 2 amide bonds. The Morgan fingerprint density at radius 1 is 1.24 bits per heavy atom. The van der Waals surface area contributed by atoms with Crippen LogP contribution in [0.25, 0.3) is 6.08 Å². The number of aryl methyl sites for hydroxylation is 1. The lowest BCUT2D eigenvalue weighted by Gasteiger charge is -2.22. The number of unbranched alkanes of at least 4 members (excludes halogenated alkanes) is 2. The molecule has 0 fully saturated rings. The second-order valence-electron chi connectivity index (χ2n) is 7.17. The number of nitrogens with zero attached hydrogens (tertiary/aromatic N) is 4. The quantitative estimate of drug-likeness (QED) is 0.489. The fraction of sp³-hybridized carbons (Fsp3) is 0.600. The number of aliphatic imine (C=N–C) groups is 1. The van der Waals surface area contributed by atoms with Crippen molar-refractivity contribution < 1.29 is 14.7 Å². The number of rotatable bonds is 11. The van der Waals surface area contributed by atoms with Crippen molar-refractivity contribution in [3.63, 3.8) is 0 Å². The summed E-state index contributed by atoms with van der Waals surface area (Å²) < 4.78 is 1.85. The van der Waals surface area contributed by atoms with Crippen molar-refractivity contribution in [3.05, 3.63) is 17.5 Å². The van der Waals surface area contributed by atoms with E-state index >= 15 is 0 Å². The number of nitrogens with one attached hydrogen (secondary N) is 1. The summed E-state index contributed by atoms with van der Waals surface area (Å²) in [7, 11) is 0. The van der Waals surface area contributed by atoms with E-state index in [1.807, 2.05) is 15.7 Å². The lowest BCUT2D eigenvalue weighted by atomic mass is 10.1. The summed E-state index contributed by atoms with van der Waals surface area (Å²) in [5.41, 5.74) is 8.17. The van der Waals surface area contributed by atoms with E-state index in [0.717, 1.165) is 50.9 Å². The molecule has 9 nitrogen and oxygen atoms in total. The highest BCUT2D eigenvalue weighted by Crippen LogP contribution is 2.27. The standard InChI is InChI=1S/C20H32N6O3/c1-3-9-25(10-4-2)19(27)15-12-17-16(24-18(21)13-15)14-23-26(17)11-7-5-6-8-22-20(28)29/h12,14,22H,3-11,13H2,1-2H3,(H2,21,24)(H,28,29). The molecule has 2 rings (SSSR count). The van der Waals surface area contributed by atoms with E-state index in [4.69, 9.17) is 10.8 Å². The van der Waals surface area contributed by atoms with Crippen LogP contribution in [0, 0.1) is 0 Å². The van der Waals surface area contributed by atoms with Crippen molar-refractivity contribution in [3.8, 4) is 0 Å². The maximum Gasteiger partial charge on any atom is 0.404 e. The summed E-state index contributed by atoms with van der Waals surface area (Å²) in [4.78, 5) is 29.8. The minimum Gasteiger partial charge on any atom is -0.465 e. The van der Waals surface area contributed by atoms with Crippen molar-refractivity contribution in [1.29, 1.82) is 0 Å². The first-order valence-electron chi connectivity index (χ1n) is 10.3. The molecule has 0 atom stereocenters. The van der Waals surface area contributed by atoms with Gasteiger partial charge in [0, 0.05) is 38.2 Å². The highest BCUT2D eigenvalue weighted by atomic mass is 16.4. The molecule has 1 aromatic rings. The molecule has 0 saturated carbocycles. The molecule has 0 unspecified atom stereocenters. The molecule has 160 valence electrons. The Bertz CT molecular complexity index is 762. The van der Waals surface area contributed by atoms with Crippen LogP contribution in [-0.2, 0) is 11.3 Å². The molecule has 0 spiro atoms. The highest BCUT2D eigenvalue weighted by molar-refractivity contribution is 6.05. The fourth-order valence-electron chi connectivity index (χ4n) is 3.36. The van der Waals surface area contributed by atoms with Gasteiger partial charge in [0.05, 0.1) is 11.9 Å². The van der Waals surface area contributed by atoms with E-state index < -0.39 is 6.09 Å². The SMILES string of the molecule is CCCN(CCC)C(=O)C1=Cc2c(cnn2CCCCCNC(=O)O)N=C(N)C1. The van der Waals surface area contributed by atoms with Crippen LogP contribution in [0.2, 0.25) is 0 Å². The fourth-order valence-corrected chi connectivity index (χ4v) is 3.36. The number of nitrogens with two attached hydrogens (primary N) is 1. The van der Waals surface area contributed by atoms with Crippen molar-refractivity contribution in [2.45, 2.75) is 58.9 Å². The molecule has 0 bridgehead atoms. The summed E-state index contributed by atoms with van der Waals surface area (Å²) in [6.07, 6.45) is 7.18. The van der Waals surface area contributed by atoms with E-state index in [-0.39, 0.29) is 5.91 Å². The van der Waals surface area contributed by atoms with Gasteiger partial charge in [0.15, 0.2) is 0 Å². The monoisotopic (exact) mass is 404 g/mol. The van der Waals surface area contributed by atoms with Gasteiger partial charge in [-0.15, -0.1) is 0 Å². The number of amidine groups is 1. The molecule has 1 aliphatic heterocycles. The lowest BCUT2D eigenvalue weighted by molar-refractivity contribution is -0.127. The Labute approximate surface area is 171 Å². The van der Waals surface area contributed by atoms with Gasteiger partial charge in [-0.2, -0.15) is 5.10 Å². The third-order valence-corrected chi connectivity index (χ3v) is 4.68. The highest BCUT2D eigenvalue weighted by Gasteiger charge is 2.22. The van der Waals surface area contributed by atoms with Crippen LogP contribution in [0.3, 0.4) is 0 Å². The first kappa shape index (κ1) is 22.4. The van der Waals surface area contributed by atoms with E-state index in [1.165, 1.54) is 0 Å². The number of amides is 2. The molecule has 9 heteroatoms. The van der Waals surface area contributed by atoms with Crippen LogP contribution in [0.5, 0.6) is 0 Å². The zero-order valence-corrected chi connectivity index (χ0v) is 17.4. The molecule has 0 saturated heterocycles. The number of hydrogen-bond donors (Lipinski definition) is 3. The van der Waals surface area contributed by atoms with Gasteiger partial charge in [0.25, 0.3) is 0 Å². The predicted octanol–water partition coefficient (Wildman–Crippen LogP) is 2.75. The van der Waals surface area contributed by atoms with Crippen LogP contribution in [0.4, 0.5) is 10.5 Å². The van der Waals surface area contributed by atoms with Gasteiger partial charge in [-0.1, -0.05) is 13.8 Å². The second-order valence-corrected chi connectivity index (χ2v) is 7.17. The molecule has 0 aromatic carbocycles. The Balaban J connectivity index is 2.11. The van der Waals surface area contributed by atoms with Crippen molar-refractivity contribution in [2.75, 3.05) is 19.6 Å². The largest absolute Gasteiger partial charge is 0.465 e. The summed E-state index contributed by atoms with van der Waals surface area (Å²) in [6.45, 7) is 6.67. The van der Waals surface area contributed by atoms with Gasteiger partial charge in [-0.25, -0.2) is 9.79 Å². The minimum absolute atomic E-state index is 0.00666. The lowest BCUT2D eigenvalue weighted by Crippen LogP contribution is -2.34. The van der Waals surface area contributed by atoms with E-state index in [1.54, 1.807) is 6.20 Å². The minimum atomic E-state index is -1.000. The molecule has 4 N–H and O–H groups in total. The first-order chi connectivity index (χ1) is 14.0. The smallest absolute Gasteiger partial charge is 0.404 e. The van der Waals surface area contributed by atoms with Gasteiger partial charge < -0.3 is 21.1 Å². The van der Waals surface area contributed by atoms with Gasteiger partial charge in [0.1, 0.15) is 11.5 Å². The zero-order valence-electron chi connectivity index (χ0n) is 17.4. The van der Waals surface area contributed by atoms with Gasteiger partial charge in [0.2, 0.25) is 5.91 Å². The van der Waals surface area contributed by atoms with Gasteiger partial charge in [-0.3, -0.25) is 9.48 Å². The van der Waals surface area contributed by atoms with Crippen molar-refractivity contribution >= 4 is 29.6 Å². The molecular formula is C20H32N6O3. The number of aromatic nitrogens is 2. The van der Waals surface area contributed by atoms with Gasteiger partial charge in [-0.05, 0) is 38.2 Å². The van der Waals surface area contributed by atoms with Crippen LogP contribution in [0.1, 0.15) is 58.1 Å². The Morgan fingerprint density at radius 2 is 1.97 bits per heavy atom. The topological polar surface area (TPSA) is 126 Å². The Morgan fingerprint density at radius 3 is 2.62 bits per heavy atom. The first-order valence-corrected chi connectivity index (χ1v) is 10.3. The molecule has 2 heterocycles. The second kappa shape index (κ2) is 11.2. The molecule has 1 aromatic heterocycles. The van der Waals surface area contributed by atoms with E-state index in [9.17, 15) is 9.59 Å². The average Bonchev–Trinajstić information content (AvgIpc) is 2.95. The van der Waals surface area contributed by atoms with Crippen LogP contribution in [-0.4, -0.2) is 57.3 Å². The third-order valence-electron chi connectivity index (χ3n) is 4.68.